The maximum atomic E-state index is 12.3. The van der Waals surface area contributed by atoms with E-state index in [1.807, 2.05) is 48.5 Å². The second kappa shape index (κ2) is 10.5. The summed E-state index contributed by atoms with van der Waals surface area (Å²) >= 11 is 0. The van der Waals surface area contributed by atoms with Gasteiger partial charge < -0.3 is 20.1 Å². The number of hydrogen-bond acceptors (Lipinski definition) is 4. The van der Waals surface area contributed by atoms with Crippen LogP contribution in [0.15, 0.2) is 48.5 Å². The SMILES string of the molecule is COc1ccc(CCC(=O)NCC(Nc2ccccc2)C(C)C)cc1OC. The van der Waals surface area contributed by atoms with Crippen LogP contribution < -0.4 is 20.1 Å². The van der Waals surface area contributed by atoms with E-state index in [1.54, 1.807) is 14.2 Å². The Morgan fingerprint density at radius 3 is 2.33 bits per heavy atom. The number of carbonyl (C=O) groups excluding carboxylic acids is 1. The largest absolute Gasteiger partial charge is 0.493 e. The van der Waals surface area contributed by atoms with E-state index in [0.717, 1.165) is 11.3 Å². The first kappa shape index (κ1) is 20.6. The van der Waals surface area contributed by atoms with Crippen molar-refractivity contribution in [1.82, 2.24) is 5.32 Å². The average molecular weight is 370 g/mol. The zero-order valence-electron chi connectivity index (χ0n) is 16.6. The molecule has 146 valence electrons. The Hall–Kier alpha value is -2.69. The summed E-state index contributed by atoms with van der Waals surface area (Å²) < 4.78 is 10.6. The van der Waals surface area contributed by atoms with Crippen LogP contribution >= 0.6 is 0 Å². The quantitative estimate of drug-likeness (QED) is 0.666. The van der Waals surface area contributed by atoms with Crippen LogP contribution in [-0.2, 0) is 11.2 Å². The summed E-state index contributed by atoms with van der Waals surface area (Å²) in [4.78, 5) is 12.3. The van der Waals surface area contributed by atoms with Crippen LogP contribution in [0.3, 0.4) is 0 Å². The van der Waals surface area contributed by atoms with E-state index >= 15 is 0 Å². The molecule has 0 bridgehead atoms. The van der Waals surface area contributed by atoms with Crippen molar-refractivity contribution in [3.05, 3.63) is 54.1 Å². The fourth-order valence-corrected chi connectivity index (χ4v) is 2.81. The second-order valence-electron chi connectivity index (χ2n) is 6.85. The number of anilines is 1. The third kappa shape index (κ3) is 6.51. The second-order valence-corrected chi connectivity index (χ2v) is 6.85. The highest BCUT2D eigenvalue weighted by atomic mass is 16.5. The van der Waals surface area contributed by atoms with Gasteiger partial charge in [-0.2, -0.15) is 0 Å². The predicted octanol–water partition coefficient (Wildman–Crippen LogP) is 3.89. The molecule has 0 aliphatic heterocycles. The number of methoxy groups -OCH3 is 2. The van der Waals surface area contributed by atoms with Crippen LogP contribution in [0.5, 0.6) is 11.5 Å². The van der Waals surface area contributed by atoms with Gasteiger partial charge in [-0.3, -0.25) is 4.79 Å². The summed E-state index contributed by atoms with van der Waals surface area (Å²) in [5.41, 5.74) is 2.11. The summed E-state index contributed by atoms with van der Waals surface area (Å²) in [6, 6.07) is 16.0. The van der Waals surface area contributed by atoms with Crippen molar-refractivity contribution in [1.29, 1.82) is 0 Å². The lowest BCUT2D eigenvalue weighted by molar-refractivity contribution is -0.121. The molecule has 27 heavy (non-hydrogen) atoms. The van der Waals surface area contributed by atoms with Gasteiger partial charge in [0.2, 0.25) is 5.91 Å². The van der Waals surface area contributed by atoms with Gasteiger partial charge in [-0.25, -0.2) is 0 Å². The molecular formula is C22H30N2O3. The van der Waals surface area contributed by atoms with Gasteiger partial charge in [-0.1, -0.05) is 38.1 Å². The maximum absolute atomic E-state index is 12.3. The van der Waals surface area contributed by atoms with Gasteiger partial charge in [0.25, 0.3) is 0 Å². The van der Waals surface area contributed by atoms with Crippen LogP contribution in [0.2, 0.25) is 0 Å². The van der Waals surface area contributed by atoms with Gasteiger partial charge in [0.05, 0.1) is 14.2 Å². The molecular weight excluding hydrogens is 340 g/mol. The number of para-hydroxylation sites is 1. The molecule has 5 heteroatoms. The zero-order valence-corrected chi connectivity index (χ0v) is 16.6. The lowest BCUT2D eigenvalue weighted by Gasteiger charge is -2.24. The Morgan fingerprint density at radius 1 is 1.00 bits per heavy atom. The van der Waals surface area contributed by atoms with Crippen molar-refractivity contribution in [3.8, 4) is 11.5 Å². The molecule has 0 aromatic heterocycles. The van der Waals surface area contributed by atoms with E-state index in [-0.39, 0.29) is 11.9 Å². The molecule has 0 radical (unpaired) electrons. The molecule has 0 aliphatic carbocycles. The standard InChI is InChI=1S/C22H30N2O3/c1-16(2)19(24-18-8-6-5-7-9-18)15-23-22(25)13-11-17-10-12-20(26-3)21(14-17)27-4/h5-10,12,14,16,19,24H,11,13,15H2,1-4H3,(H,23,25). The zero-order chi connectivity index (χ0) is 19.6. The molecule has 0 saturated carbocycles. The Labute approximate surface area is 162 Å². The van der Waals surface area contributed by atoms with Crippen molar-refractivity contribution in [2.75, 3.05) is 26.1 Å². The summed E-state index contributed by atoms with van der Waals surface area (Å²) in [5, 5.41) is 6.54. The molecule has 2 aromatic carbocycles. The molecule has 1 atom stereocenters. The molecule has 5 nitrogen and oxygen atoms in total. The van der Waals surface area contributed by atoms with E-state index in [4.69, 9.17) is 9.47 Å². The van der Waals surface area contributed by atoms with Gasteiger partial charge in [0.15, 0.2) is 11.5 Å². The van der Waals surface area contributed by atoms with Crippen LogP contribution in [0, 0.1) is 5.92 Å². The summed E-state index contributed by atoms with van der Waals surface area (Å²) in [5.74, 6) is 1.82. The minimum Gasteiger partial charge on any atom is -0.493 e. The molecule has 0 aliphatic rings. The monoisotopic (exact) mass is 370 g/mol. The highest BCUT2D eigenvalue weighted by molar-refractivity contribution is 5.76. The van der Waals surface area contributed by atoms with Gasteiger partial charge in [-0.15, -0.1) is 0 Å². The van der Waals surface area contributed by atoms with Crippen LogP contribution in [0.25, 0.3) is 0 Å². The lowest BCUT2D eigenvalue weighted by Crippen LogP contribution is -2.39. The summed E-state index contributed by atoms with van der Waals surface area (Å²) in [6.45, 7) is 4.89. The van der Waals surface area contributed by atoms with E-state index in [2.05, 4.69) is 24.5 Å². The van der Waals surface area contributed by atoms with Gasteiger partial charge in [0.1, 0.15) is 0 Å². The number of ether oxygens (including phenoxy) is 2. The Kier molecular flexibility index (Phi) is 7.99. The molecule has 1 unspecified atom stereocenters. The first-order valence-corrected chi connectivity index (χ1v) is 9.32. The van der Waals surface area contributed by atoms with Crippen LogP contribution in [0.4, 0.5) is 5.69 Å². The first-order valence-electron chi connectivity index (χ1n) is 9.32. The fraction of sp³-hybridized carbons (Fsp3) is 0.409. The number of amides is 1. The molecule has 0 saturated heterocycles. The van der Waals surface area contributed by atoms with Crippen molar-refractivity contribution >= 4 is 11.6 Å². The number of nitrogens with one attached hydrogen (secondary N) is 2. The Bertz CT molecular complexity index is 717. The molecule has 0 heterocycles. The first-order chi connectivity index (χ1) is 13.0. The van der Waals surface area contributed by atoms with E-state index < -0.39 is 0 Å². The highest BCUT2D eigenvalue weighted by Gasteiger charge is 2.14. The number of rotatable bonds is 10. The van der Waals surface area contributed by atoms with Gasteiger partial charge >= 0.3 is 0 Å². The van der Waals surface area contributed by atoms with E-state index in [0.29, 0.717) is 36.8 Å². The third-order valence-electron chi connectivity index (χ3n) is 4.54. The predicted molar refractivity (Wildman–Crippen MR) is 110 cm³/mol. The smallest absolute Gasteiger partial charge is 0.220 e. The topological polar surface area (TPSA) is 59.6 Å². The average Bonchev–Trinajstić information content (AvgIpc) is 2.69. The third-order valence-corrected chi connectivity index (χ3v) is 4.54. The Morgan fingerprint density at radius 2 is 1.70 bits per heavy atom. The van der Waals surface area contributed by atoms with Gasteiger partial charge in [-0.05, 0) is 42.2 Å². The molecule has 2 aromatic rings. The van der Waals surface area contributed by atoms with Gasteiger partial charge in [0, 0.05) is 24.7 Å². The highest BCUT2D eigenvalue weighted by Crippen LogP contribution is 2.27. The molecule has 1 amide bonds. The minimum atomic E-state index is 0.0466. The van der Waals surface area contributed by atoms with E-state index in [1.165, 1.54) is 0 Å². The van der Waals surface area contributed by atoms with Crippen LogP contribution in [-0.4, -0.2) is 32.7 Å². The molecule has 2 N–H and O–H groups in total. The maximum Gasteiger partial charge on any atom is 0.220 e. The number of aryl methyl sites for hydroxylation is 1. The number of carbonyl (C=O) groups is 1. The van der Waals surface area contributed by atoms with Crippen molar-refractivity contribution in [3.63, 3.8) is 0 Å². The number of hydrogen-bond donors (Lipinski definition) is 2. The van der Waals surface area contributed by atoms with Crippen molar-refractivity contribution < 1.29 is 14.3 Å². The molecule has 2 rings (SSSR count). The van der Waals surface area contributed by atoms with Crippen LogP contribution in [0.1, 0.15) is 25.8 Å². The molecule has 0 spiro atoms. The normalized spacial score (nSPS) is 11.7. The number of benzene rings is 2. The minimum absolute atomic E-state index is 0.0466. The lowest BCUT2D eigenvalue weighted by atomic mass is 10.0. The van der Waals surface area contributed by atoms with Crippen molar-refractivity contribution in [2.45, 2.75) is 32.7 Å². The Balaban J connectivity index is 1.83. The van der Waals surface area contributed by atoms with E-state index in [9.17, 15) is 4.79 Å². The fourth-order valence-electron chi connectivity index (χ4n) is 2.81. The van der Waals surface area contributed by atoms with Crippen molar-refractivity contribution in [2.24, 2.45) is 5.92 Å². The summed E-state index contributed by atoms with van der Waals surface area (Å²) in [6.07, 6.45) is 1.09. The summed E-state index contributed by atoms with van der Waals surface area (Å²) in [7, 11) is 3.22. The molecule has 0 fully saturated rings.